The molecule has 0 aromatic carbocycles. The number of H-pyrrole nitrogens is 2. The van der Waals surface area contributed by atoms with Crippen molar-refractivity contribution in [3.63, 3.8) is 0 Å². The molecule has 0 bridgehead atoms. The molecule has 1 aromatic rings. The average molecular weight is 197 g/mol. The molecule has 1 fully saturated rings. The van der Waals surface area contributed by atoms with Crippen molar-refractivity contribution in [2.75, 3.05) is 24.5 Å². The smallest absolute Gasteiger partial charge is 0.342 e. The minimum Gasteiger partial charge on any atom is -0.350 e. The zero-order valence-electron chi connectivity index (χ0n) is 7.49. The van der Waals surface area contributed by atoms with Gasteiger partial charge in [-0.05, 0) is 6.54 Å². The van der Waals surface area contributed by atoms with Crippen LogP contribution < -0.4 is 21.9 Å². The normalized spacial score (nSPS) is 16.8. The Labute approximate surface area is 78.9 Å². The number of nitrogens with two attached hydrogens (primary N) is 1. The van der Waals surface area contributed by atoms with Crippen molar-refractivity contribution in [3.05, 3.63) is 20.8 Å². The molecular formula is C7H11N5O2. The topological polar surface area (TPSA) is 108 Å². The Hall–Kier alpha value is -1.63. The highest BCUT2D eigenvalue weighted by Crippen LogP contribution is 2.17. The van der Waals surface area contributed by atoms with E-state index in [1.807, 2.05) is 0 Å². The molecule has 1 aliphatic heterocycles. The first-order chi connectivity index (χ1) is 6.70. The quantitative estimate of drug-likeness (QED) is 0.501. The van der Waals surface area contributed by atoms with Crippen LogP contribution >= 0.6 is 0 Å². The summed E-state index contributed by atoms with van der Waals surface area (Å²) in [7, 11) is 0. The lowest BCUT2D eigenvalue weighted by atomic mass is 10.0. The molecule has 14 heavy (non-hydrogen) atoms. The van der Waals surface area contributed by atoms with Gasteiger partial charge in [-0.2, -0.15) is 0 Å². The molecule has 1 saturated heterocycles. The number of nitrogens with zero attached hydrogens (tertiary/aromatic N) is 2. The molecule has 7 nitrogen and oxygen atoms in total. The molecule has 2 rings (SSSR count). The van der Waals surface area contributed by atoms with Crippen LogP contribution in [0.2, 0.25) is 0 Å². The van der Waals surface area contributed by atoms with Gasteiger partial charge in [0.05, 0.1) is 0 Å². The van der Waals surface area contributed by atoms with E-state index in [1.165, 1.54) is 0 Å². The summed E-state index contributed by atoms with van der Waals surface area (Å²) in [6.45, 7) is 2.05. The Morgan fingerprint density at radius 3 is 2.79 bits per heavy atom. The fourth-order valence-corrected chi connectivity index (χ4v) is 1.45. The molecule has 0 atom stereocenters. The van der Waals surface area contributed by atoms with Gasteiger partial charge in [-0.15, -0.1) is 5.10 Å². The predicted molar refractivity (Wildman–Crippen MR) is 50.2 cm³/mol. The maximum absolute atomic E-state index is 11.3. The van der Waals surface area contributed by atoms with Crippen LogP contribution in [0.4, 0.5) is 5.82 Å². The number of nitrogens with one attached hydrogen (secondary N) is 2. The highest BCUT2D eigenvalue weighted by molar-refractivity contribution is 5.37. The molecule has 1 aromatic heterocycles. The number of rotatable bonds is 2. The SMILES string of the molecule is NCC1CN(c2n[nH]c(=O)[nH]c2=O)C1. The number of anilines is 1. The molecule has 0 spiro atoms. The van der Waals surface area contributed by atoms with Crippen molar-refractivity contribution in [2.24, 2.45) is 11.7 Å². The Morgan fingerprint density at radius 2 is 2.21 bits per heavy atom. The molecule has 0 amide bonds. The van der Waals surface area contributed by atoms with E-state index in [1.54, 1.807) is 4.90 Å². The van der Waals surface area contributed by atoms with Gasteiger partial charge in [-0.3, -0.25) is 9.78 Å². The van der Waals surface area contributed by atoms with Crippen molar-refractivity contribution in [1.82, 2.24) is 15.2 Å². The van der Waals surface area contributed by atoms with Crippen molar-refractivity contribution in [2.45, 2.75) is 0 Å². The van der Waals surface area contributed by atoms with E-state index >= 15 is 0 Å². The van der Waals surface area contributed by atoms with Gasteiger partial charge in [0.25, 0.3) is 5.56 Å². The van der Waals surface area contributed by atoms with Gasteiger partial charge in [0.2, 0.25) is 5.82 Å². The van der Waals surface area contributed by atoms with Gasteiger partial charge in [-0.1, -0.05) is 0 Å². The first kappa shape index (κ1) is 8.95. The van der Waals surface area contributed by atoms with Crippen LogP contribution in [0.25, 0.3) is 0 Å². The second kappa shape index (κ2) is 3.26. The van der Waals surface area contributed by atoms with E-state index in [4.69, 9.17) is 5.73 Å². The van der Waals surface area contributed by atoms with Crippen LogP contribution in [0.3, 0.4) is 0 Å². The predicted octanol–water partition coefficient (Wildman–Crippen LogP) is -2.15. The van der Waals surface area contributed by atoms with Gasteiger partial charge in [0.1, 0.15) is 0 Å². The summed E-state index contributed by atoms with van der Waals surface area (Å²) in [6, 6.07) is 0. The fourth-order valence-electron chi connectivity index (χ4n) is 1.45. The minimum absolute atomic E-state index is 0.259. The van der Waals surface area contributed by atoms with Gasteiger partial charge >= 0.3 is 5.69 Å². The standard InChI is InChI=1S/C7H11N5O2/c8-1-4-2-12(3-4)5-6(13)9-7(14)11-10-5/h4H,1-3,8H2,(H2,9,11,13,14). The van der Waals surface area contributed by atoms with Crippen LogP contribution in [0, 0.1) is 5.92 Å². The summed E-state index contributed by atoms with van der Waals surface area (Å²) in [6.07, 6.45) is 0. The number of aromatic amines is 2. The first-order valence-corrected chi connectivity index (χ1v) is 4.34. The summed E-state index contributed by atoms with van der Waals surface area (Å²) in [4.78, 5) is 25.8. The van der Waals surface area contributed by atoms with E-state index in [2.05, 4.69) is 15.2 Å². The van der Waals surface area contributed by atoms with E-state index in [0.717, 1.165) is 13.1 Å². The Balaban J connectivity index is 2.19. The van der Waals surface area contributed by atoms with E-state index in [0.29, 0.717) is 12.5 Å². The summed E-state index contributed by atoms with van der Waals surface area (Å²) >= 11 is 0. The zero-order valence-corrected chi connectivity index (χ0v) is 7.49. The molecular weight excluding hydrogens is 186 g/mol. The summed E-state index contributed by atoms with van der Waals surface area (Å²) < 4.78 is 0. The Morgan fingerprint density at radius 1 is 1.50 bits per heavy atom. The molecule has 1 aliphatic rings. The fraction of sp³-hybridized carbons (Fsp3) is 0.571. The average Bonchev–Trinajstić information content (AvgIpc) is 2.06. The summed E-state index contributed by atoms with van der Waals surface area (Å²) in [5.74, 6) is 0.678. The second-order valence-corrected chi connectivity index (χ2v) is 3.34. The first-order valence-electron chi connectivity index (χ1n) is 4.34. The van der Waals surface area contributed by atoms with Crippen molar-refractivity contribution in [1.29, 1.82) is 0 Å². The molecule has 0 unspecified atom stereocenters. The van der Waals surface area contributed by atoms with Crippen LogP contribution in [0.1, 0.15) is 0 Å². The minimum atomic E-state index is -0.588. The molecule has 0 aliphatic carbocycles. The molecule has 7 heteroatoms. The zero-order chi connectivity index (χ0) is 10.1. The van der Waals surface area contributed by atoms with E-state index in [9.17, 15) is 9.59 Å². The third-order valence-electron chi connectivity index (χ3n) is 2.28. The molecule has 4 N–H and O–H groups in total. The lowest BCUT2D eigenvalue weighted by molar-refractivity contribution is 0.414. The van der Waals surface area contributed by atoms with Crippen LogP contribution in [-0.4, -0.2) is 34.8 Å². The lowest BCUT2D eigenvalue weighted by Crippen LogP contribution is -2.52. The van der Waals surface area contributed by atoms with E-state index < -0.39 is 11.2 Å². The van der Waals surface area contributed by atoms with Gasteiger partial charge in [0.15, 0.2) is 0 Å². The maximum atomic E-state index is 11.3. The van der Waals surface area contributed by atoms with Gasteiger partial charge in [0, 0.05) is 19.0 Å². The second-order valence-electron chi connectivity index (χ2n) is 3.34. The van der Waals surface area contributed by atoms with Crippen molar-refractivity contribution in [3.8, 4) is 0 Å². The maximum Gasteiger partial charge on any atom is 0.342 e. The van der Waals surface area contributed by atoms with Gasteiger partial charge < -0.3 is 10.6 Å². The van der Waals surface area contributed by atoms with Crippen LogP contribution in [-0.2, 0) is 0 Å². The van der Waals surface area contributed by atoms with Crippen molar-refractivity contribution < 1.29 is 0 Å². The number of aromatic nitrogens is 3. The van der Waals surface area contributed by atoms with Gasteiger partial charge in [-0.25, -0.2) is 9.89 Å². The van der Waals surface area contributed by atoms with E-state index in [-0.39, 0.29) is 5.82 Å². The Kier molecular flexibility index (Phi) is 2.08. The third kappa shape index (κ3) is 1.41. The van der Waals surface area contributed by atoms with Crippen LogP contribution in [0.15, 0.2) is 9.59 Å². The van der Waals surface area contributed by atoms with Crippen molar-refractivity contribution >= 4 is 5.82 Å². The lowest BCUT2D eigenvalue weighted by Gasteiger charge is -2.38. The summed E-state index contributed by atoms with van der Waals surface area (Å²) in [5, 5.41) is 5.86. The summed E-state index contributed by atoms with van der Waals surface area (Å²) in [5.41, 5.74) is 4.40. The Bertz CT molecular complexity index is 430. The number of hydrogen-bond acceptors (Lipinski definition) is 5. The van der Waals surface area contributed by atoms with Crippen LogP contribution in [0.5, 0.6) is 0 Å². The highest BCUT2D eigenvalue weighted by atomic mass is 16.2. The monoisotopic (exact) mass is 197 g/mol. The largest absolute Gasteiger partial charge is 0.350 e. The highest BCUT2D eigenvalue weighted by Gasteiger charge is 2.28. The molecule has 0 saturated carbocycles. The molecule has 2 heterocycles. The molecule has 76 valence electrons. The number of hydrogen-bond donors (Lipinski definition) is 3. The third-order valence-corrected chi connectivity index (χ3v) is 2.28. The molecule has 0 radical (unpaired) electrons.